The molecule has 0 aliphatic heterocycles. The molecule has 1 atom stereocenters. The zero-order valence-corrected chi connectivity index (χ0v) is 7.12. The maximum absolute atomic E-state index is 10.6. The Morgan fingerprint density at radius 2 is 1.92 bits per heavy atom. The molecule has 7 N–H and O–H groups in total. The SMILES string of the molecule is NCCCC[C@@](N)(CN)C(=O)O. The number of carboxylic acid groups (broad SMARTS) is 1. The van der Waals surface area contributed by atoms with Gasteiger partial charge in [0, 0.05) is 6.54 Å². The number of nitrogens with two attached hydrogens (primary N) is 3. The van der Waals surface area contributed by atoms with Crippen LogP contribution in [0.3, 0.4) is 0 Å². The van der Waals surface area contributed by atoms with Crippen molar-refractivity contribution in [2.24, 2.45) is 17.2 Å². The predicted molar refractivity (Wildman–Crippen MR) is 46.5 cm³/mol. The van der Waals surface area contributed by atoms with Gasteiger partial charge < -0.3 is 22.3 Å². The minimum atomic E-state index is -1.27. The highest BCUT2D eigenvalue weighted by atomic mass is 16.4. The van der Waals surface area contributed by atoms with E-state index in [0.717, 1.165) is 6.42 Å². The summed E-state index contributed by atoms with van der Waals surface area (Å²) in [5.74, 6) is -1.04. The van der Waals surface area contributed by atoms with Crippen molar-refractivity contribution in [3.05, 3.63) is 0 Å². The zero-order valence-electron chi connectivity index (χ0n) is 7.12. The number of unbranched alkanes of at least 4 members (excludes halogenated alkanes) is 1. The second kappa shape index (κ2) is 5.08. The van der Waals surface area contributed by atoms with Crippen molar-refractivity contribution in [2.75, 3.05) is 13.1 Å². The summed E-state index contributed by atoms with van der Waals surface area (Å²) < 4.78 is 0. The van der Waals surface area contributed by atoms with Crippen molar-refractivity contribution >= 4 is 5.97 Å². The van der Waals surface area contributed by atoms with E-state index < -0.39 is 11.5 Å². The van der Waals surface area contributed by atoms with Gasteiger partial charge in [0.1, 0.15) is 5.54 Å². The van der Waals surface area contributed by atoms with Crippen molar-refractivity contribution in [1.29, 1.82) is 0 Å². The Morgan fingerprint density at radius 3 is 2.25 bits per heavy atom. The van der Waals surface area contributed by atoms with Crippen molar-refractivity contribution in [2.45, 2.75) is 24.8 Å². The summed E-state index contributed by atoms with van der Waals surface area (Å²) in [6, 6.07) is 0. The summed E-state index contributed by atoms with van der Waals surface area (Å²) in [6.07, 6.45) is 1.87. The Kier molecular flexibility index (Phi) is 4.80. The Labute approximate surface area is 71.9 Å². The van der Waals surface area contributed by atoms with E-state index in [2.05, 4.69) is 0 Å². The first kappa shape index (κ1) is 11.4. The van der Waals surface area contributed by atoms with Crippen LogP contribution in [0.2, 0.25) is 0 Å². The summed E-state index contributed by atoms with van der Waals surface area (Å²) in [5, 5.41) is 8.70. The molecule has 0 unspecified atom stereocenters. The highest BCUT2D eigenvalue weighted by Gasteiger charge is 2.31. The molecule has 0 aliphatic carbocycles. The van der Waals surface area contributed by atoms with E-state index in [-0.39, 0.29) is 6.54 Å². The van der Waals surface area contributed by atoms with Gasteiger partial charge in [0.25, 0.3) is 0 Å². The number of rotatable bonds is 6. The van der Waals surface area contributed by atoms with Gasteiger partial charge in [0.05, 0.1) is 0 Å². The van der Waals surface area contributed by atoms with E-state index >= 15 is 0 Å². The molecule has 0 aliphatic rings. The van der Waals surface area contributed by atoms with Crippen LogP contribution in [-0.2, 0) is 4.79 Å². The van der Waals surface area contributed by atoms with E-state index in [1.807, 2.05) is 0 Å². The van der Waals surface area contributed by atoms with Crippen LogP contribution in [0.15, 0.2) is 0 Å². The molecule has 0 fully saturated rings. The van der Waals surface area contributed by atoms with Crippen molar-refractivity contribution in [3.8, 4) is 0 Å². The molecule has 0 amide bonds. The van der Waals surface area contributed by atoms with Gasteiger partial charge in [-0.2, -0.15) is 0 Å². The first-order valence-corrected chi connectivity index (χ1v) is 3.99. The quantitative estimate of drug-likeness (QED) is 0.381. The molecule has 0 rings (SSSR count). The second-order valence-corrected chi connectivity index (χ2v) is 2.91. The third-order valence-electron chi connectivity index (χ3n) is 1.87. The molecule has 0 aromatic carbocycles. The monoisotopic (exact) mass is 175 g/mol. The standard InChI is InChI=1S/C7H17N3O2/c8-4-2-1-3-7(10,5-9)6(11)12/h1-5,8-10H2,(H,11,12)/t7-/m1/s1. The van der Waals surface area contributed by atoms with Gasteiger partial charge >= 0.3 is 5.97 Å². The third-order valence-corrected chi connectivity index (χ3v) is 1.87. The molecular formula is C7H17N3O2. The number of carbonyl (C=O) groups is 1. The molecule has 0 saturated carbocycles. The fourth-order valence-electron chi connectivity index (χ4n) is 0.881. The van der Waals surface area contributed by atoms with E-state index in [1.54, 1.807) is 0 Å². The molecule has 0 bridgehead atoms. The lowest BCUT2D eigenvalue weighted by Gasteiger charge is -2.22. The molecule has 0 aromatic heterocycles. The van der Waals surface area contributed by atoms with Gasteiger partial charge in [-0.1, -0.05) is 0 Å². The van der Waals surface area contributed by atoms with Crippen LogP contribution in [-0.4, -0.2) is 29.7 Å². The maximum Gasteiger partial charge on any atom is 0.324 e. The number of aliphatic carboxylic acids is 1. The third kappa shape index (κ3) is 3.17. The normalized spacial score (nSPS) is 15.6. The first-order chi connectivity index (χ1) is 5.56. The number of hydrogen-bond donors (Lipinski definition) is 4. The highest BCUT2D eigenvalue weighted by Crippen LogP contribution is 2.09. The van der Waals surface area contributed by atoms with Gasteiger partial charge in [0.2, 0.25) is 0 Å². The van der Waals surface area contributed by atoms with Crippen molar-refractivity contribution in [3.63, 3.8) is 0 Å². The maximum atomic E-state index is 10.6. The van der Waals surface area contributed by atoms with E-state index in [9.17, 15) is 4.79 Å². The summed E-state index contributed by atoms with van der Waals surface area (Å²) in [4.78, 5) is 10.6. The fraction of sp³-hybridized carbons (Fsp3) is 0.857. The van der Waals surface area contributed by atoms with Gasteiger partial charge in [-0.3, -0.25) is 4.79 Å². The lowest BCUT2D eigenvalue weighted by atomic mass is 9.94. The van der Waals surface area contributed by atoms with E-state index in [4.69, 9.17) is 22.3 Å². The van der Waals surface area contributed by atoms with Crippen LogP contribution < -0.4 is 17.2 Å². The van der Waals surface area contributed by atoms with Crippen LogP contribution >= 0.6 is 0 Å². The summed E-state index contributed by atoms with van der Waals surface area (Å²) in [7, 11) is 0. The molecular weight excluding hydrogens is 158 g/mol. The van der Waals surface area contributed by atoms with Crippen LogP contribution in [0.5, 0.6) is 0 Å². The van der Waals surface area contributed by atoms with Crippen molar-refractivity contribution < 1.29 is 9.90 Å². The molecule has 0 saturated heterocycles. The summed E-state index contributed by atoms with van der Waals surface area (Å²) in [6.45, 7) is 0.521. The molecule has 5 heteroatoms. The summed E-state index contributed by atoms with van der Waals surface area (Å²) >= 11 is 0. The molecule has 12 heavy (non-hydrogen) atoms. The summed E-state index contributed by atoms with van der Waals surface area (Å²) in [5.41, 5.74) is 14.8. The van der Waals surface area contributed by atoms with Crippen LogP contribution in [0.25, 0.3) is 0 Å². The first-order valence-electron chi connectivity index (χ1n) is 3.99. The Hall–Kier alpha value is -0.650. The molecule has 0 heterocycles. The molecule has 72 valence electrons. The smallest absolute Gasteiger partial charge is 0.324 e. The highest BCUT2D eigenvalue weighted by molar-refractivity contribution is 5.78. The van der Waals surface area contributed by atoms with Crippen molar-refractivity contribution in [1.82, 2.24) is 0 Å². The molecule has 0 aromatic rings. The number of hydrogen-bond acceptors (Lipinski definition) is 4. The lowest BCUT2D eigenvalue weighted by molar-refractivity contribution is -0.143. The van der Waals surface area contributed by atoms with Gasteiger partial charge in [-0.05, 0) is 25.8 Å². The molecule has 0 radical (unpaired) electrons. The molecule has 0 spiro atoms. The lowest BCUT2D eigenvalue weighted by Crippen LogP contribution is -2.53. The van der Waals surface area contributed by atoms with Gasteiger partial charge in [0.15, 0.2) is 0 Å². The minimum absolute atomic E-state index is 0.0348. The second-order valence-electron chi connectivity index (χ2n) is 2.91. The van der Waals surface area contributed by atoms with Gasteiger partial charge in [-0.25, -0.2) is 0 Å². The average molecular weight is 175 g/mol. The van der Waals surface area contributed by atoms with Gasteiger partial charge in [-0.15, -0.1) is 0 Å². The number of carboxylic acids is 1. The Bertz CT molecular complexity index is 152. The van der Waals surface area contributed by atoms with E-state index in [0.29, 0.717) is 19.4 Å². The Morgan fingerprint density at radius 1 is 1.33 bits per heavy atom. The minimum Gasteiger partial charge on any atom is -0.480 e. The van der Waals surface area contributed by atoms with Crippen LogP contribution in [0.1, 0.15) is 19.3 Å². The molecule has 5 nitrogen and oxygen atoms in total. The van der Waals surface area contributed by atoms with E-state index in [1.165, 1.54) is 0 Å². The van der Waals surface area contributed by atoms with Crippen LogP contribution in [0, 0.1) is 0 Å². The topological polar surface area (TPSA) is 115 Å². The Balaban J connectivity index is 3.88. The largest absolute Gasteiger partial charge is 0.480 e. The average Bonchev–Trinajstić information content (AvgIpc) is 2.04. The van der Waals surface area contributed by atoms with Crippen LogP contribution in [0.4, 0.5) is 0 Å². The zero-order chi connectivity index (χ0) is 9.61. The predicted octanol–water partition coefficient (Wildman–Crippen LogP) is -1.14. The fourth-order valence-corrected chi connectivity index (χ4v) is 0.881.